The molecule has 21 heavy (non-hydrogen) atoms. The van der Waals surface area contributed by atoms with Gasteiger partial charge >= 0.3 is 6.18 Å². The number of halogens is 4. The van der Waals surface area contributed by atoms with Gasteiger partial charge in [-0.25, -0.2) is 0 Å². The lowest BCUT2D eigenvalue weighted by Crippen LogP contribution is -2.24. The van der Waals surface area contributed by atoms with Crippen LogP contribution in [0.4, 0.5) is 13.2 Å². The minimum absolute atomic E-state index is 0.00786. The second-order valence-corrected chi connectivity index (χ2v) is 4.39. The molecule has 1 heterocycles. The van der Waals surface area contributed by atoms with Crippen molar-refractivity contribution in [3.05, 3.63) is 29.1 Å². The first-order valence-corrected chi connectivity index (χ1v) is 5.95. The predicted molar refractivity (Wildman–Crippen MR) is 66.1 cm³/mol. The summed E-state index contributed by atoms with van der Waals surface area (Å²) < 4.78 is 46.2. The van der Waals surface area contributed by atoms with Crippen molar-refractivity contribution in [3.63, 3.8) is 0 Å². The van der Waals surface area contributed by atoms with Crippen molar-refractivity contribution in [2.45, 2.75) is 12.6 Å². The van der Waals surface area contributed by atoms with E-state index < -0.39 is 24.3 Å². The summed E-state index contributed by atoms with van der Waals surface area (Å²) >= 11 is 5.79. The van der Waals surface area contributed by atoms with Gasteiger partial charge in [0.25, 0.3) is 0 Å². The Labute approximate surface area is 121 Å². The van der Waals surface area contributed by atoms with Gasteiger partial charge in [-0.05, 0) is 18.2 Å². The first-order valence-electron chi connectivity index (χ1n) is 5.58. The summed E-state index contributed by atoms with van der Waals surface area (Å²) in [6.07, 6.45) is -5.95. The Morgan fingerprint density at radius 2 is 2.14 bits per heavy atom. The molecule has 0 radical (unpaired) electrons. The number of carbonyl (C=O) groups is 1. The number of hydrogen-bond acceptors (Lipinski definition) is 5. The smallest absolute Gasteiger partial charge is 0.450 e. The van der Waals surface area contributed by atoms with Crippen LogP contribution in [-0.2, 0) is 11.2 Å². The van der Waals surface area contributed by atoms with E-state index in [4.69, 9.17) is 16.3 Å². The molecule has 0 amide bonds. The molecule has 2 aromatic rings. The van der Waals surface area contributed by atoms with Crippen molar-refractivity contribution in [2.24, 2.45) is 0 Å². The van der Waals surface area contributed by atoms with Gasteiger partial charge in [-0.1, -0.05) is 16.8 Å². The van der Waals surface area contributed by atoms with E-state index in [0.29, 0.717) is 16.3 Å². The summed E-state index contributed by atoms with van der Waals surface area (Å²) in [4.78, 5) is 14.6. The Morgan fingerprint density at radius 1 is 1.43 bits per heavy atom. The van der Waals surface area contributed by atoms with Gasteiger partial charge in [0.05, 0.1) is 19.1 Å². The molecule has 1 aromatic carbocycles. The van der Waals surface area contributed by atoms with Crippen LogP contribution in [0.3, 0.4) is 0 Å². The summed E-state index contributed by atoms with van der Waals surface area (Å²) in [6.45, 7) is 0. The van der Waals surface area contributed by atoms with Gasteiger partial charge < -0.3 is 9.26 Å². The molecule has 0 aliphatic heterocycles. The molecule has 9 heteroatoms. The second-order valence-electron chi connectivity index (χ2n) is 3.95. The fourth-order valence-corrected chi connectivity index (χ4v) is 1.69. The van der Waals surface area contributed by atoms with Crippen molar-refractivity contribution >= 4 is 17.4 Å². The summed E-state index contributed by atoms with van der Waals surface area (Å²) in [5.41, 5.74) is 0.386. The third kappa shape index (κ3) is 3.52. The molecule has 0 spiro atoms. The minimum atomic E-state index is -4.94. The number of methoxy groups -OCH3 is 1. The van der Waals surface area contributed by atoms with Crippen LogP contribution in [0.15, 0.2) is 22.7 Å². The van der Waals surface area contributed by atoms with Crippen LogP contribution >= 0.6 is 11.6 Å². The van der Waals surface area contributed by atoms with E-state index in [1.165, 1.54) is 25.3 Å². The summed E-state index contributed by atoms with van der Waals surface area (Å²) in [6, 6.07) is 4.56. The van der Waals surface area contributed by atoms with Gasteiger partial charge in [-0.2, -0.15) is 18.2 Å². The topological polar surface area (TPSA) is 65.2 Å². The van der Waals surface area contributed by atoms with Crippen LogP contribution in [-0.4, -0.2) is 29.2 Å². The number of ether oxygens (including phenoxy) is 1. The van der Waals surface area contributed by atoms with Gasteiger partial charge in [0.1, 0.15) is 5.75 Å². The highest BCUT2D eigenvalue weighted by molar-refractivity contribution is 6.30. The molecule has 2 rings (SSSR count). The Hall–Kier alpha value is -2.09. The van der Waals surface area contributed by atoms with Crippen LogP contribution in [0, 0.1) is 0 Å². The average Bonchev–Trinajstić information content (AvgIpc) is 2.85. The monoisotopic (exact) mass is 320 g/mol. The number of carbonyl (C=O) groups excluding carboxylic acids is 1. The predicted octanol–water partition coefficient (Wildman–Crippen LogP) is 3.07. The number of benzene rings is 1. The maximum absolute atomic E-state index is 12.2. The lowest BCUT2D eigenvalue weighted by Gasteiger charge is -2.04. The minimum Gasteiger partial charge on any atom is -0.496 e. The number of rotatable bonds is 4. The molecular weight excluding hydrogens is 313 g/mol. The molecule has 0 aliphatic carbocycles. The number of nitrogens with zero attached hydrogens (tertiary/aromatic N) is 2. The molecule has 0 saturated carbocycles. The molecule has 112 valence electrons. The standard InChI is InChI=1S/C12H8ClF3N2O3/c1-20-8-4-6(13)2-3-7(8)11-17-10(21-18-11)5-9(19)12(14,15)16/h2-4H,5H2,1H3. The fraction of sp³-hybridized carbons (Fsp3) is 0.250. The van der Waals surface area contributed by atoms with Crippen molar-refractivity contribution in [3.8, 4) is 17.1 Å². The zero-order chi connectivity index (χ0) is 15.6. The maximum Gasteiger partial charge on any atom is 0.450 e. The number of hydrogen-bond donors (Lipinski definition) is 0. The summed E-state index contributed by atoms with van der Waals surface area (Å²) in [5.74, 6) is -2.05. The van der Waals surface area contributed by atoms with Crippen LogP contribution in [0.2, 0.25) is 5.02 Å². The molecular formula is C12H8ClF3N2O3. The van der Waals surface area contributed by atoms with Crippen molar-refractivity contribution in [1.82, 2.24) is 10.1 Å². The molecule has 0 bridgehead atoms. The largest absolute Gasteiger partial charge is 0.496 e. The molecule has 0 aliphatic rings. The van der Waals surface area contributed by atoms with E-state index in [1.54, 1.807) is 0 Å². The summed E-state index contributed by atoms with van der Waals surface area (Å²) in [5, 5.41) is 3.94. The first-order chi connectivity index (χ1) is 9.81. The Kier molecular flexibility index (Phi) is 4.17. The molecule has 0 fully saturated rings. The van der Waals surface area contributed by atoms with E-state index in [1.807, 2.05) is 0 Å². The lowest BCUT2D eigenvalue weighted by molar-refractivity contribution is -0.170. The fourth-order valence-electron chi connectivity index (χ4n) is 1.52. The van der Waals surface area contributed by atoms with Crippen LogP contribution in [0.25, 0.3) is 11.4 Å². The quantitative estimate of drug-likeness (QED) is 0.866. The normalized spacial score (nSPS) is 11.5. The van der Waals surface area contributed by atoms with Gasteiger partial charge in [-0.3, -0.25) is 4.79 Å². The Morgan fingerprint density at radius 3 is 2.76 bits per heavy atom. The van der Waals surface area contributed by atoms with Gasteiger partial charge in [-0.15, -0.1) is 0 Å². The molecule has 0 unspecified atom stereocenters. The van der Waals surface area contributed by atoms with Crippen LogP contribution in [0.5, 0.6) is 5.75 Å². The highest BCUT2D eigenvalue weighted by Gasteiger charge is 2.39. The zero-order valence-electron chi connectivity index (χ0n) is 10.6. The number of alkyl halides is 3. The molecule has 0 saturated heterocycles. The van der Waals surface area contributed by atoms with E-state index in [0.717, 1.165) is 0 Å². The van der Waals surface area contributed by atoms with E-state index in [-0.39, 0.29) is 5.82 Å². The van der Waals surface area contributed by atoms with E-state index in [2.05, 4.69) is 14.7 Å². The maximum atomic E-state index is 12.2. The van der Waals surface area contributed by atoms with Gasteiger partial charge in [0.2, 0.25) is 17.5 Å². The van der Waals surface area contributed by atoms with E-state index in [9.17, 15) is 18.0 Å². The Bertz CT molecular complexity index is 670. The molecule has 0 N–H and O–H groups in total. The number of Topliss-reactive ketones (excluding diaryl/α,β-unsaturated/α-hetero) is 1. The third-order valence-corrected chi connectivity index (χ3v) is 2.74. The van der Waals surface area contributed by atoms with Gasteiger partial charge in [0, 0.05) is 5.02 Å². The zero-order valence-corrected chi connectivity index (χ0v) is 11.3. The van der Waals surface area contributed by atoms with Crippen molar-refractivity contribution in [1.29, 1.82) is 0 Å². The molecule has 0 atom stereocenters. The Balaban J connectivity index is 2.26. The number of ketones is 1. The number of aromatic nitrogens is 2. The molecule has 1 aromatic heterocycles. The highest BCUT2D eigenvalue weighted by Crippen LogP contribution is 2.30. The molecule has 5 nitrogen and oxygen atoms in total. The third-order valence-electron chi connectivity index (χ3n) is 2.50. The van der Waals surface area contributed by atoms with Crippen molar-refractivity contribution < 1.29 is 27.2 Å². The van der Waals surface area contributed by atoms with Crippen LogP contribution in [0.1, 0.15) is 5.89 Å². The highest BCUT2D eigenvalue weighted by atomic mass is 35.5. The van der Waals surface area contributed by atoms with Crippen LogP contribution < -0.4 is 4.74 Å². The average molecular weight is 321 g/mol. The first kappa shape index (κ1) is 15.3. The lowest BCUT2D eigenvalue weighted by atomic mass is 10.2. The SMILES string of the molecule is COc1cc(Cl)ccc1-c1noc(CC(=O)C(F)(F)F)n1. The van der Waals surface area contributed by atoms with E-state index >= 15 is 0 Å². The van der Waals surface area contributed by atoms with Gasteiger partial charge in [0.15, 0.2) is 0 Å². The van der Waals surface area contributed by atoms with Crippen molar-refractivity contribution in [2.75, 3.05) is 7.11 Å². The summed E-state index contributed by atoms with van der Waals surface area (Å²) in [7, 11) is 1.39. The second kappa shape index (κ2) is 5.72.